The van der Waals surface area contributed by atoms with Crippen molar-refractivity contribution >= 4 is 0 Å². The second-order valence-electron chi connectivity index (χ2n) is 2.22. The van der Waals surface area contributed by atoms with Gasteiger partial charge in [0.1, 0.15) is 0 Å². The van der Waals surface area contributed by atoms with Gasteiger partial charge in [-0.1, -0.05) is 6.92 Å². The summed E-state index contributed by atoms with van der Waals surface area (Å²) in [6.45, 7) is 3.40. The van der Waals surface area contributed by atoms with E-state index in [1.807, 2.05) is 6.92 Å². The maximum absolute atomic E-state index is 5.61. The maximum Gasteiger partial charge on any atom is 0.224 e. The summed E-state index contributed by atoms with van der Waals surface area (Å²) in [6, 6.07) is 0. The number of hydrogen-bond donors (Lipinski definition) is 1. The van der Waals surface area contributed by atoms with Crippen molar-refractivity contribution < 1.29 is 9.47 Å². The Bertz CT molecular complexity index is 89.1. The Morgan fingerprint density at radius 3 is 2.33 bits per heavy atom. The molecule has 0 saturated carbocycles. The molecule has 54 valence electrons. The van der Waals surface area contributed by atoms with E-state index < -0.39 is 5.91 Å². The Kier molecular flexibility index (Phi) is 2.05. The second-order valence-corrected chi connectivity index (χ2v) is 2.22. The molecule has 1 aliphatic rings. The molecule has 0 aromatic carbocycles. The van der Waals surface area contributed by atoms with Crippen LogP contribution in [0, 0.1) is 0 Å². The van der Waals surface area contributed by atoms with Crippen molar-refractivity contribution in [1.82, 2.24) is 0 Å². The third kappa shape index (κ3) is 1.64. The lowest BCUT2D eigenvalue weighted by atomic mass is 10.3. The standard InChI is InChI=1S/C6H13NO2/c1-2-6(7)8-4-3-5-9-6/h2-5,7H2,1H3. The molecule has 0 atom stereocenters. The third-order valence-corrected chi connectivity index (χ3v) is 1.47. The van der Waals surface area contributed by atoms with Gasteiger partial charge >= 0.3 is 0 Å². The molecule has 0 spiro atoms. The summed E-state index contributed by atoms with van der Waals surface area (Å²) < 4.78 is 10.3. The van der Waals surface area contributed by atoms with E-state index in [1.54, 1.807) is 0 Å². The Morgan fingerprint density at radius 2 is 2.00 bits per heavy atom. The van der Waals surface area contributed by atoms with Gasteiger partial charge in [-0.05, 0) is 6.42 Å². The second kappa shape index (κ2) is 2.64. The first-order valence-corrected chi connectivity index (χ1v) is 3.33. The van der Waals surface area contributed by atoms with Crippen LogP contribution in [0.5, 0.6) is 0 Å². The van der Waals surface area contributed by atoms with Gasteiger partial charge in [0.25, 0.3) is 0 Å². The van der Waals surface area contributed by atoms with Gasteiger partial charge in [-0.25, -0.2) is 0 Å². The van der Waals surface area contributed by atoms with E-state index in [9.17, 15) is 0 Å². The molecule has 0 aromatic heterocycles. The predicted octanol–water partition coefficient (Wildman–Crippen LogP) is 0.446. The fourth-order valence-corrected chi connectivity index (χ4v) is 0.795. The van der Waals surface area contributed by atoms with E-state index in [0.717, 1.165) is 19.6 Å². The lowest BCUT2D eigenvalue weighted by molar-refractivity contribution is -0.264. The zero-order valence-electron chi connectivity index (χ0n) is 5.72. The zero-order valence-corrected chi connectivity index (χ0v) is 5.72. The normalized spacial score (nSPS) is 26.0. The highest BCUT2D eigenvalue weighted by molar-refractivity contribution is 4.61. The SMILES string of the molecule is CCC1(N)OCCCO1. The minimum Gasteiger partial charge on any atom is -0.337 e. The monoisotopic (exact) mass is 131 g/mol. The van der Waals surface area contributed by atoms with Gasteiger partial charge in [0.15, 0.2) is 0 Å². The average molecular weight is 131 g/mol. The molecule has 3 heteroatoms. The molecule has 9 heavy (non-hydrogen) atoms. The highest BCUT2D eigenvalue weighted by Gasteiger charge is 2.26. The molecule has 3 nitrogen and oxygen atoms in total. The molecule has 0 aliphatic carbocycles. The van der Waals surface area contributed by atoms with Crippen LogP contribution in [0.2, 0.25) is 0 Å². The summed E-state index contributed by atoms with van der Waals surface area (Å²) >= 11 is 0. The summed E-state index contributed by atoms with van der Waals surface area (Å²) in [6.07, 6.45) is 1.67. The van der Waals surface area contributed by atoms with Gasteiger partial charge in [-0.3, -0.25) is 5.73 Å². The number of ether oxygens (including phenoxy) is 2. The Hall–Kier alpha value is -0.120. The van der Waals surface area contributed by atoms with Crippen LogP contribution in [0.4, 0.5) is 0 Å². The molecule has 0 aromatic rings. The highest BCUT2D eigenvalue weighted by atomic mass is 16.7. The van der Waals surface area contributed by atoms with Crippen LogP contribution in [-0.2, 0) is 9.47 Å². The lowest BCUT2D eigenvalue weighted by Crippen LogP contribution is -2.48. The topological polar surface area (TPSA) is 44.5 Å². The van der Waals surface area contributed by atoms with Crippen molar-refractivity contribution in [2.75, 3.05) is 13.2 Å². The number of hydrogen-bond acceptors (Lipinski definition) is 3. The van der Waals surface area contributed by atoms with E-state index in [-0.39, 0.29) is 0 Å². The first kappa shape index (κ1) is 6.99. The fourth-order valence-electron chi connectivity index (χ4n) is 0.795. The van der Waals surface area contributed by atoms with Gasteiger partial charge in [-0.15, -0.1) is 0 Å². The summed E-state index contributed by atoms with van der Waals surface area (Å²) in [5.74, 6) is -0.780. The third-order valence-electron chi connectivity index (χ3n) is 1.47. The Labute approximate surface area is 55.1 Å². The van der Waals surface area contributed by atoms with Gasteiger partial charge in [0.2, 0.25) is 5.91 Å². The first-order valence-electron chi connectivity index (χ1n) is 3.33. The van der Waals surface area contributed by atoms with Crippen LogP contribution in [0.15, 0.2) is 0 Å². The molecular weight excluding hydrogens is 118 g/mol. The van der Waals surface area contributed by atoms with E-state index in [2.05, 4.69) is 0 Å². The van der Waals surface area contributed by atoms with E-state index in [1.165, 1.54) is 0 Å². The average Bonchev–Trinajstić information content (AvgIpc) is 1.90. The summed E-state index contributed by atoms with van der Waals surface area (Å²) in [5, 5.41) is 0. The molecule has 1 fully saturated rings. The van der Waals surface area contributed by atoms with Crippen LogP contribution in [-0.4, -0.2) is 19.1 Å². The molecule has 0 amide bonds. The first-order chi connectivity index (χ1) is 4.27. The molecule has 2 N–H and O–H groups in total. The zero-order chi connectivity index (χ0) is 6.74. The summed E-state index contributed by atoms with van der Waals surface area (Å²) in [5.41, 5.74) is 5.61. The Morgan fingerprint density at radius 1 is 1.44 bits per heavy atom. The van der Waals surface area contributed by atoms with E-state index in [0.29, 0.717) is 6.42 Å². The smallest absolute Gasteiger partial charge is 0.224 e. The maximum atomic E-state index is 5.61. The van der Waals surface area contributed by atoms with Crippen LogP contribution in [0.1, 0.15) is 19.8 Å². The fraction of sp³-hybridized carbons (Fsp3) is 1.00. The van der Waals surface area contributed by atoms with Crippen LogP contribution in [0.25, 0.3) is 0 Å². The van der Waals surface area contributed by atoms with Gasteiger partial charge in [-0.2, -0.15) is 0 Å². The largest absolute Gasteiger partial charge is 0.337 e. The summed E-state index contributed by atoms with van der Waals surface area (Å²) in [7, 11) is 0. The minimum atomic E-state index is -0.780. The molecule has 0 radical (unpaired) electrons. The van der Waals surface area contributed by atoms with Crippen molar-refractivity contribution in [3.63, 3.8) is 0 Å². The van der Waals surface area contributed by atoms with Crippen molar-refractivity contribution in [2.45, 2.75) is 25.7 Å². The molecule has 1 heterocycles. The number of rotatable bonds is 1. The van der Waals surface area contributed by atoms with E-state index >= 15 is 0 Å². The number of nitrogens with two attached hydrogens (primary N) is 1. The van der Waals surface area contributed by atoms with E-state index in [4.69, 9.17) is 15.2 Å². The molecule has 1 aliphatic heterocycles. The van der Waals surface area contributed by atoms with Gasteiger partial charge in [0.05, 0.1) is 13.2 Å². The van der Waals surface area contributed by atoms with Crippen molar-refractivity contribution in [2.24, 2.45) is 5.73 Å². The molecule has 1 rings (SSSR count). The van der Waals surface area contributed by atoms with Crippen molar-refractivity contribution in [1.29, 1.82) is 0 Å². The van der Waals surface area contributed by atoms with Crippen LogP contribution < -0.4 is 5.73 Å². The van der Waals surface area contributed by atoms with Crippen LogP contribution in [0.3, 0.4) is 0 Å². The molecule has 1 saturated heterocycles. The highest BCUT2D eigenvalue weighted by Crippen LogP contribution is 2.15. The molecule has 0 bridgehead atoms. The molecule has 0 unspecified atom stereocenters. The minimum absolute atomic E-state index is 0.715. The lowest BCUT2D eigenvalue weighted by Gasteiger charge is -2.32. The van der Waals surface area contributed by atoms with Gasteiger partial charge in [0, 0.05) is 6.42 Å². The van der Waals surface area contributed by atoms with Crippen molar-refractivity contribution in [3.8, 4) is 0 Å². The Balaban J connectivity index is 2.37. The quantitative estimate of drug-likeness (QED) is 0.561. The predicted molar refractivity (Wildman–Crippen MR) is 33.7 cm³/mol. The molecular formula is C6H13NO2. The van der Waals surface area contributed by atoms with Crippen LogP contribution >= 0.6 is 0 Å². The van der Waals surface area contributed by atoms with Crippen molar-refractivity contribution in [3.05, 3.63) is 0 Å². The van der Waals surface area contributed by atoms with Gasteiger partial charge < -0.3 is 9.47 Å². The summed E-state index contributed by atoms with van der Waals surface area (Å²) in [4.78, 5) is 0.